The Kier molecular flexibility index (Phi) is 9.16. The molecule has 0 spiro atoms. The number of benzene rings is 2. The summed E-state index contributed by atoms with van der Waals surface area (Å²) in [5.41, 5.74) is 1.23. The summed E-state index contributed by atoms with van der Waals surface area (Å²) in [6, 6.07) is 8.93. The number of rotatable bonds is 10. The third-order valence-electron chi connectivity index (χ3n) is 6.06. The van der Waals surface area contributed by atoms with Gasteiger partial charge < -0.3 is 29.8 Å². The molecule has 16 heteroatoms. The molecule has 2 aromatic heterocycles. The third-order valence-corrected chi connectivity index (χ3v) is 6.81. The number of carbonyl (C=O) groups excluding carboxylic acids is 2. The zero-order valence-corrected chi connectivity index (χ0v) is 23.5. The number of hydrogen-bond acceptors (Lipinski definition) is 5. The maximum atomic E-state index is 12.8. The molecule has 42 heavy (non-hydrogen) atoms. The van der Waals surface area contributed by atoms with E-state index in [9.17, 15) is 31.5 Å². The summed E-state index contributed by atoms with van der Waals surface area (Å²) in [6.45, 7) is -2.66. The summed E-state index contributed by atoms with van der Waals surface area (Å²) in [6.07, 6.45) is -5.86. The number of nitrogens with zero attached hydrogens (tertiary/aromatic N) is 3. The van der Waals surface area contributed by atoms with Crippen molar-refractivity contribution in [2.24, 2.45) is 14.1 Å². The summed E-state index contributed by atoms with van der Waals surface area (Å²) in [7, 11) is 3.29. The molecule has 0 bridgehead atoms. The monoisotopic (exact) mass is 632 g/mol. The van der Waals surface area contributed by atoms with Gasteiger partial charge in [-0.25, -0.2) is 13.8 Å². The predicted octanol–water partition coefficient (Wildman–Crippen LogP) is 5.83. The van der Waals surface area contributed by atoms with Gasteiger partial charge in [-0.2, -0.15) is 13.2 Å². The predicted molar refractivity (Wildman–Crippen MR) is 147 cm³/mol. The van der Waals surface area contributed by atoms with Crippen LogP contribution in [0.4, 0.5) is 33.6 Å². The summed E-state index contributed by atoms with van der Waals surface area (Å²) in [4.78, 5) is 29.4. The Hall–Kier alpha value is -4.04. The highest BCUT2D eigenvalue weighted by Gasteiger charge is 2.29. The molecule has 2 aromatic carbocycles. The van der Waals surface area contributed by atoms with Gasteiger partial charge in [-0.05, 0) is 29.8 Å². The molecule has 4 rings (SSSR count). The molecule has 0 saturated carbocycles. The number of alkyl halides is 5. The second-order valence-electron chi connectivity index (χ2n) is 9.04. The highest BCUT2D eigenvalue weighted by atomic mass is 35.5. The van der Waals surface area contributed by atoms with Crippen molar-refractivity contribution < 1.29 is 36.3 Å². The number of fused-ring (bicyclic) bond motifs is 1. The first kappa shape index (κ1) is 30.9. The Morgan fingerprint density at radius 3 is 2.45 bits per heavy atom. The van der Waals surface area contributed by atoms with Crippen LogP contribution in [0.3, 0.4) is 0 Å². The summed E-state index contributed by atoms with van der Waals surface area (Å²) >= 11 is 13.0. The van der Waals surface area contributed by atoms with Crippen LogP contribution in [0.5, 0.6) is 5.75 Å². The van der Waals surface area contributed by atoms with Crippen molar-refractivity contribution in [1.29, 1.82) is 0 Å². The average molecular weight is 633 g/mol. The van der Waals surface area contributed by atoms with Crippen molar-refractivity contribution >= 4 is 57.7 Å². The minimum Gasteiger partial charge on any atom is -0.487 e. The van der Waals surface area contributed by atoms with E-state index < -0.39 is 37.2 Å². The van der Waals surface area contributed by atoms with E-state index in [1.54, 1.807) is 54.4 Å². The fourth-order valence-corrected chi connectivity index (χ4v) is 4.51. The molecule has 0 atom stereocenters. The maximum Gasteiger partial charge on any atom is 0.405 e. The molecule has 224 valence electrons. The summed E-state index contributed by atoms with van der Waals surface area (Å²) < 4.78 is 71.8. The van der Waals surface area contributed by atoms with Gasteiger partial charge in [-0.3, -0.25) is 9.59 Å². The van der Waals surface area contributed by atoms with Gasteiger partial charge in [-0.1, -0.05) is 29.3 Å². The fraction of sp³-hybridized carbons (Fsp3) is 0.269. The Balaban J connectivity index is 1.64. The summed E-state index contributed by atoms with van der Waals surface area (Å²) in [5.74, 6) is -1.72. The van der Waals surface area contributed by atoms with Crippen LogP contribution in [0.15, 0.2) is 42.6 Å². The van der Waals surface area contributed by atoms with E-state index in [1.807, 2.05) is 0 Å². The second-order valence-corrected chi connectivity index (χ2v) is 9.82. The van der Waals surface area contributed by atoms with E-state index in [2.05, 4.69) is 15.6 Å². The van der Waals surface area contributed by atoms with Crippen LogP contribution >= 0.6 is 23.2 Å². The molecule has 0 saturated heterocycles. The van der Waals surface area contributed by atoms with E-state index in [1.165, 1.54) is 10.6 Å². The lowest BCUT2D eigenvalue weighted by molar-refractivity contribution is -0.123. The van der Waals surface area contributed by atoms with Gasteiger partial charge in [0.15, 0.2) is 0 Å². The smallest absolute Gasteiger partial charge is 0.405 e. The van der Waals surface area contributed by atoms with Gasteiger partial charge in [0.05, 0.1) is 32.3 Å². The van der Waals surface area contributed by atoms with Crippen LogP contribution in [-0.2, 0) is 20.6 Å². The van der Waals surface area contributed by atoms with Crippen molar-refractivity contribution in [3.63, 3.8) is 0 Å². The molecule has 2 heterocycles. The number of imidazole rings is 1. The van der Waals surface area contributed by atoms with Crippen molar-refractivity contribution in [3.05, 3.63) is 69.5 Å². The summed E-state index contributed by atoms with van der Waals surface area (Å²) in [5, 5.41) is 7.84. The van der Waals surface area contributed by atoms with Gasteiger partial charge in [0.1, 0.15) is 24.6 Å². The van der Waals surface area contributed by atoms with Gasteiger partial charge in [-0.15, -0.1) is 0 Å². The molecule has 0 aliphatic rings. The Morgan fingerprint density at radius 2 is 1.81 bits per heavy atom. The number of aryl methyl sites for hydroxylation is 2. The minimum absolute atomic E-state index is 0.0679. The molecule has 0 radical (unpaired) electrons. The molecular weight excluding hydrogens is 610 g/mol. The first-order valence-electron chi connectivity index (χ1n) is 12.1. The van der Waals surface area contributed by atoms with Crippen LogP contribution in [0.1, 0.15) is 26.4 Å². The largest absolute Gasteiger partial charge is 0.487 e. The van der Waals surface area contributed by atoms with E-state index in [0.717, 1.165) is 6.07 Å². The van der Waals surface area contributed by atoms with Gasteiger partial charge in [0, 0.05) is 32.9 Å². The van der Waals surface area contributed by atoms with Crippen molar-refractivity contribution in [1.82, 2.24) is 24.8 Å². The zero-order chi connectivity index (χ0) is 30.8. The minimum atomic E-state index is -4.69. The SMILES string of the molecule is Cn1cccc1C(=O)NCc1ccc(Cl)c(Nc2nc3cc(C(=O)NCC(F)(F)F)c(OCC(F)F)cc3n2C)c1Cl. The normalized spacial score (nSPS) is 11.7. The van der Waals surface area contributed by atoms with E-state index in [4.69, 9.17) is 27.9 Å². The molecular formula is C26H23Cl2F5N6O3. The van der Waals surface area contributed by atoms with Crippen LogP contribution in [0.25, 0.3) is 11.0 Å². The van der Waals surface area contributed by atoms with Gasteiger partial charge in [0.2, 0.25) is 5.95 Å². The van der Waals surface area contributed by atoms with Gasteiger partial charge in [0.25, 0.3) is 18.2 Å². The number of anilines is 2. The number of hydrogen-bond donors (Lipinski definition) is 3. The maximum absolute atomic E-state index is 12.8. The quantitative estimate of drug-likeness (QED) is 0.191. The molecule has 2 amide bonds. The number of nitrogens with one attached hydrogen (secondary N) is 3. The second kappa shape index (κ2) is 12.4. The Bertz CT molecular complexity index is 1640. The number of ether oxygens (including phenoxy) is 1. The van der Waals surface area contributed by atoms with Crippen molar-refractivity contribution in [3.8, 4) is 5.75 Å². The van der Waals surface area contributed by atoms with Crippen LogP contribution in [0, 0.1) is 0 Å². The standard InChI is InChI=1S/C26H23Cl2F5N6O3/c1-38-7-3-4-17(38)24(41)34-10-13-5-6-15(27)22(21(13)28)37-25-36-16-8-14(23(40)35-12-26(31,32)33)19(42-11-20(29)30)9-18(16)39(25)2/h3-9,20H,10-12H2,1-2H3,(H,34,41)(H,35,40)(H,36,37). The number of carbonyl (C=O) groups is 2. The van der Waals surface area contributed by atoms with Crippen LogP contribution < -0.4 is 20.7 Å². The molecule has 9 nitrogen and oxygen atoms in total. The first-order chi connectivity index (χ1) is 19.7. The number of amides is 2. The average Bonchev–Trinajstić information content (AvgIpc) is 3.49. The van der Waals surface area contributed by atoms with Crippen molar-refractivity contribution in [2.45, 2.75) is 19.1 Å². The molecule has 0 fully saturated rings. The molecule has 4 aromatic rings. The van der Waals surface area contributed by atoms with Gasteiger partial charge >= 0.3 is 6.18 Å². The lowest BCUT2D eigenvalue weighted by Gasteiger charge is -2.14. The molecule has 0 unspecified atom stereocenters. The highest BCUT2D eigenvalue weighted by molar-refractivity contribution is 6.39. The Morgan fingerprint density at radius 1 is 1.07 bits per heavy atom. The fourth-order valence-electron chi connectivity index (χ4n) is 3.98. The van der Waals surface area contributed by atoms with Crippen LogP contribution in [-0.4, -0.2) is 51.7 Å². The zero-order valence-electron chi connectivity index (χ0n) is 22.0. The highest BCUT2D eigenvalue weighted by Crippen LogP contribution is 2.37. The topological polar surface area (TPSA) is 102 Å². The molecule has 0 aliphatic heterocycles. The molecule has 3 N–H and O–H groups in total. The van der Waals surface area contributed by atoms with E-state index in [0.29, 0.717) is 16.8 Å². The Labute approximate surface area is 245 Å². The number of halogens is 7. The van der Waals surface area contributed by atoms with E-state index >= 15 is 0 Å². The number of aromatic nitrogens is 3. The van der Waals surface area contributed by atoms with E-state index in [-0.39, 0.29) is 45.4 Å². The van der Waals surface area contributed by atoms with Crippen molar-refractivity contribution in [2.75, 3.05) is 18.5 Å². The first-order valence-corrected chi connectivity index (χ1v) is 12.9. The molecule has 0 aliphatic carbocycles. The third kappa shape index (κ3) is 7.05. The lowest BCUT2D eigenvalue weighted by Crippen LogP contribution is -2.34. The lowest BCUT2D eigenvalue weighted by atomic mass is 10.1. The van der Waals surface area contributed by atoms with Crippen LogP contribution in [0.2, 0.25) is 10.0 Å².